The maximum atomic E-state index is 12.8. The van der Waals surface area contributed by atoms with Gasteiger partial charge < -0.3 is 15.2 Å². The normalized spacial score (nSPS) is 21.3. The lowest BCUT2D eigenvalue weighted by Crippen LogP contribution is -2.47. The third-order valence-corrected chi connectivity index (χ3v) is 6.22. The van der Waals surface area contributed by atoms with E-state index in [9.17, 15) is 9.59 Å². The molecular formula is C22H29N5O2. The molecule has 1 saturated heterocycles. The summed E-state index contributed by atoms with van der Waals surface area (Å²) >= 11 is 0. The highest BCUT2D eigenvalue weighted by atomic mass is 16.1. The number of carbonyl (C=O) groups is 1. The third kappa shape index (κ3) is 3.32. The largest absolute Gasteiger partial charge is 0.355 e. The summed E-state index contributed by atoms with van der Waals surface area (Å²) < 4.78 is 0. The lowest BCUT2D eigenvalue weighted by atomic mass is 9.77. The number of aromatic amines is 1. The molecule has 0 saturated carbocycles. The number of pyridine rings is 1. The van der Waals surface area contributed by atoms with Crippen LogP contribution in [0.3, 0.4) is 0 Å². The standard InChI is InChI=1S/C22H29N5O2/c1-21(2,3)20-25-16-14(19(29)26-20)8-10-22(16)9-6-12-27(13-22)17-15(18(28)23-4)7-5-11-24-17/h5,7,11H,6,8-10,12-13H2,1-4H3,(H,23,28)(H,25,26,29). The molecule has 1 spiro atoms. The number of hydrogen-bond acceptors (Lipinski definition) is 5. The Balaban J connectivity index is 1.76. The fourth-order valence-electron chi connectivity index (χ4n) is 4.68. The molecule has 2 aromatic rings. The summed E-state index contributed by atoms with van der Waals surface area (Å²) in [6.07, 6.45) is 5.36. The minimum atomic E-state index is -0.223. The molecule has 1 aliphatic heterocycles. The van der Waals surface area contributed by atoms with Gasteiger partial charge in [-0.3, -0.25) is 9.59 Å². The Kier molecular flexibility index (Phi) is 4.71. The Bertz CT molecular complexity index is 1010. The number of anilines is 1. The van der Waals surface area contributed by atoms with Crippen molar-refractivity contribution >= 4 is 11.7 Å². The summed E-state index contributed by atoms with van der Waals surface area (Å²) in [7, 11) is 1.63. The zero-order valence-corrected chi connectivity index (χ0v) is 17.6. The van der Waals surface area contributed by atoms with E-state index in [0.29, 0.717) is 11.4 Å². The maximum Gasteiger partial charge on any atom is 0.254 e. The van der Waals surface area contributed by atoms with Crippen molar-refractivity contribution in [2.45, 2.75) is 57.3 Å². The molecule has 29 heavy (non-hydrogen) atoms. The predicted molar refractivity (Wildman–Crippen MR) is 113 cm³/mol. The monoisotopic (exact) mass is 395 g/mol. The number of rotatable bonds is 2. The molecule has 2 aliphatic rings. The van der Waals surface area contributed by atoms with Crippen molar-refractivity contribution in [3.05, 3.63) is 51.3 Å². The van der Waals surface area contributed by atoms with E-state index in [4.69, 9.17) is 4.98 Å². The lowest BCUT2D eigenvalue weighted by Gasteiger charge is -2.41. The van der Waals surface area contributed by atoms with E-state index >= 15 is 0 Å². The van der Waals surface area contributed by atoms with Crippen LogP contribution >= 0.6 is 0 Å². The van der Waals surface area contributed by atoms with Crippen molar-refractivity contribution in [1.29, 1.82) is 0 Å². The molecule has 154 valence electrons. The van der Waals surface area contributed by atoms with Gasteiger partial charge in [0.2, 0.25) is 0 Å². The van der Waals surface area contributed by atoms with Crippen molar-refractivity contribution in [3.8, 4) is 0 Å². The molecule has 1 atom stereocenters. The van der Waals surface area contributed by atoms with Gasteiger partial charge in [0.15, 0.2) is 0 Å². The number of aromatic nitrogens is 3. The minimum absolute atomic E-state index is 0.00203. The summed E-state index contributed by atoms with van der Waals surface area (Å²) in [5.41, 5.74) is 1.97. The van der Waals surface area contributed by atoms with E-state index in [2.05, 4.69) is 41.0 Å². The van der Waals surface area contributed by atoms with Gasteiger partial charge in [0.05, 0.1) is 11.3 Å². The topological polar surface area (TPSA) is 91.0 Å². The first kappa shape index (κ1) is 19.6. The van der Waals surface area contributed by atoms with Gasteiger partial charge in [-0.05, 0) is 37.8 Å². The molecule has 1 aliphatic carbocycles. The van der Waals surface area contributed by atoms with Crippen LogP contribution in [0, 0.1) is 0 Å². The zero-order chi connectivity index (χ0) is 20.8. The number of amides is 1. The van der Waals surface area contributed by atoms with Crippen LogP contribution in [0.25, 0.3) is 0 Å². The molecule has 3 heterocycles. The van der Waals surface area contributed by atoms with Crippen LogP contribution in [-0.2, 0) is 17.3 Å². The number of nitrogens with zero attached hydrogens (tertiary/aromatic N) is 3. The van der Waals surface area contributed by atoms with Crippen LogP contribution in [0.15, 0.2) is 23.1 Å². The van der Waals surface area contributed by atoms with Crippen molar-refractivity contribution in [3.63, 3.8) is 0 Å². The summed E-state index contributed by atoms with van der Waals surface area (Å²) in [6.45, 7) is 7.76. The second kappa shape index (κ2) is 6.97. The van der Waals surface area contributed by atoms with E-state index in [-0.39, 0.29) is 22.3 Å². The average Bonchev–Trinajstić information content (AvgIpc) is 3.05. The molecule has 2 aromatic heterocycles. The summed E-state index contributed by atoms with van der Waals surface area (Å²) in [6, 6.07) is 3.60. The number of carbonyl (C=O) groups excluding carboxylic acids is 1. The van der Waals surface area contributed by atoms with E-state index < -0.39 is 0 Å². The predicted octanol–water partition coefficient (Wildman–Crippen LogP) is 2.31. The van der Waals surface area contributed by atoms with Crippen LogP contribution in [0.4, 0.5) is 5.82 Å². The number of piperidine rings is 1. The molecule has 4 rings (SSSR count). The molecule has 0 bridgehead atoms. The first-order valence-corrected chi connectivity index (χ1v) is 10.3. The van der Waals surface area contributed by atoms with Crippen LogP contribution in [0.2, 0.25) is 0 Å². The van der Waals surface area contributed by atoms with Gasteiger partial charge in [0, 0.05) is 42.7 Å². The quantitative estimate of drug-likeness (QED) is 0.814. The molecule has 0 radical (unpaired) electrons. The van der Waals surface area contributed by atoms with E-state index in [0.717, 1.165) is 55.9 Å². The first-order chi connectivity index (χ1) is 13.7. The summed E-state index contributed by atoms with van der Waals surface area (Å²) in [5.74, 6) is 1.31. The molecule has 7 heteroatoms. The van der Waals surface area contributed by atoms with E-state index in [1.807, 2.05) is 6.07 Å². The highest BCUT2D eigenvalue weighted by Crippen LogP contribution is 2.44. The van der Waals surface area contributed by atoms with Gasteiger partial charge in [-0.15, -0.1) is 0 Å². The Hall–Kier alpha value is -2.70. The SMILES string of the molecule is CNC(=O)c1cccnc1N1CCCC2(CCc3c2nc(C(C)(C)C)[nH]c3=O)C1. The van der Waals surface area contributed by atoms with E-state index in [1.165, 1.54) is 0 Å². The van der Waals surface area contributed by atoms with E-state index in [1.54, 1.807) is 19.3 Å². The number of H-pyrrole nitrogens is 1. The van der Waals surface area contributed by atoms with Gasteiger partial charge in [-0.1, -0.05) is 20.8 Å². The Morgan fingerprint density at radius 1 is 1.31 bits per heavy atom. The van der Waals surface area contributed by atoms with Crippen molar-refractivity contribution in [2.75, 3.05) is 25.0 Å². The molecule has 1 amide bonds. The van der Waals surface area contributed by atoms with Gasteiger partial charge in [0.1, 0.15) is 11.6 Å². The van der Waals surface area contributed by atoms with Crippen LogP contribution in [0.5, 0.6) is 0 Å². The Morgan fingerprint density at radius 3 is 2.83 bits per heavy atom. The molecule has 2 N–H and O–H groups in total. The van der Waals surface area contributed by atoms with Crippen molar-refractivity contribution in [2.24, 2.45) is 0 Å². The zero-order valence-electron chi connectivity index (χ0n) is 17.6. The highest BCUT2D eigenvalue weighted by molar-refractivity contribution is 5.98. The van der Waals surface area contributed by atoms with Gasteiger partial charge in [-0.25, -0.2) is 9.97 Å². The van der Waals surface area contributed by atoms with Crippen molar-refractivity contribution in [1.82, 2.24) is 20.3 Å². The molecule has 0 aromatic carbocycles. The second-order valence-electron chi connectivity index (χ2n) is 9.25. The molecule has 7 nitrogen and oxygen atoms in total. The Morgan fingerprint density at radius 2 is 2.10 bits per heavy atom. The minimum Gasteiger partial charge on any atom is -0.355 e. The number of hydrogen-bond donors (Lipinski definition) is 2. The highest BCUT2D eigenvalue weighted by Gasteiger charge is 2.45. The second-order valence-corrected chi connectivity index (χ2v) is 9.25. The van der Waals surface area contributed by atoms with Crippen LogP contribution in [-0.4, -0.2) is 41.0 Å². The maximum absolute atomic E-state index is 12.8. The molecular weight excluding hydrogens is 366 g/mol. The number of fused-ring (bicyclic) bond motifs is 2. The summed E-state index contributed by atoms with van der Waals surface area (Å²) in [5, 5.41) is 2.71. The van der Waals surface area contributed by atoms with Crippen LogP contribution in [0.1, 0.15) is 67.5 Å². The Labute approximate surface area is 171 Å². The summed E-state index contributed by atoms with van der Waals surface area (Å²) in [4.78, 5) is 39.8. The molecule has 1 fully saturated rings. The number of nitrogens with one attached hydrogen (secondary N) is 2. The molecule has 1 unspecified atom stereocenters. The van der Waals surface area contributed by atoms with Crippen LogP contribution < -0.4 is 15.8 Å². The smallest absolute Gasteiger partial charge is 0.254 e. The lowest BCUT2D eigenvalue weighted by molar-refractivity contribution is 0.0963. The fraction of sp³-hybridized carbons (Fsp3) is 0.545. The van der Waals surface area contributed by atoms with Gasteiger partial charge >= 0.3 is 0 Å². The van der Waals surface area contributed by atoms with Crippen molar-refractivity contribution < 1.29 is 4.79 Å². The van der Waals surface area contributed by atoms with Gasteiger partial charge in [0.25, 0.3) is 11.5 Å². The van der Waals surface area contributed by atoms with Gasteiger partial charge in [-0.2, -0.15) is 0 Å². The average molecular weight is 396 g/mol. The third-order valence-electron chi connectivity index (χ3n) is 6.22. The first-order valence-electron chi connectivity index (χ1n) is 10.3. The fourth-order valence-corrected chi connectivity index (χ4v) is 4.68.